The quantitative estimate of drug-likeness (QED) is 0.830. The largest absolute Gasteiger partial charge is 0.496 e. The molecule has 2 N–H and O–H groups in total. The van der Waals surface area contributed by atoms with Crippen LogP contribution >= 0.6 is 0 Å². The summed E-state index contributed by atoms with van der Waals surface area (Å²) in [5.41, 5.74) is 6.47. The third-order valence-corrected chi connectivity index (χ3v) is 2.66. The maximum absolute atomic E-state index is 13.0. The van der Waals surface area contributed by atoms with Crippen molar-refractivity contribution in [3.05, 3.63) is 29.6 Å². The first-order chi connectivity index (χ1) is 7.01. The van der Waals surface area contributed by atoms with E-state index in [1.54, 1.807) is 13.2 Å². The van der Waals surface area contributed by atoms with Crippen LogP contribution in [0.2, 0.25) is 0 Å². The SMILES string of the molecule is COc1cc(F)ccc1C(C)(C)CCN. The van der Waals surface area contributed by atoms with Gasteiger partial charge in [0.1, 0.15) is 11.6 Å². The van der Waals surface area contributed by atoms with E-state index in [0.717, 1.165) is 12.0 Å². The average Bonchev–Trinajstić information content (AvgIpc) is 2.17. The minimum absolute atomic E-state index is 0.0895. The van der Waals surface area contributed by atoms with Crippen molar-refractivity contribution in [2.45, 2.75) is 25.7 Å². The molecule has 0 fully saturated rings. The third kappa shape index (κ3) is 2.69. The van der Waals surface area contributed by atoms with Crippen LogP contribution in [0.1, 0.15) is 25.8 Å². The summed E-state index contributed by atoms with van der Waals surface area (Å²) in [6, 6.07) is 4.63. The summed E-state index contributed by atoms with van der Waals surface area (Å²) >= 11 is 0. The fraction of sp³-hybridized carbons (Fsp3) is 0.500. The molecule has 84 valence electrons. The van der Waals surface area contributed by atoms with Crippen molar-refractivity contribution in [1.29, 1.82) is 0 Å². The van der Waals surface area contributed by atoms with Crippen LogP contribution in [0.25, 0.3) is 0 Å². The van der Waals surface area contributed by atoms with Crippen molar-refractivity contribution in [3.8, 4) is 5.75 Å². The minimum Gasteiger partial charge on any atom is -0.496 e. The van der Waals surface area contributed by atoms with Crippen LogP contribution in [-0.4, -0.2) is 13.7 Å². The van der Waals surface area contributed by atoms with Gasteiger partial charge in [0.05, 0.1) is 7.11 Å². The predicted molar refractivity (Wildman–Crippen MR) is 59.6 cm³/mol. The molecule has 0 aliphatic rings. The molecule has 0 radical (unpaired) electrons. The van der Waals surface area contributed by atoms with Crippen LogP contribution < -0.4 is 10.5 Å². The van der Waals surface area contributed by atoms with Gasteiger partial charge in [-0.3, -0.25) is 0 Å². The van der Waals surface area contributed by atoms with Crippen molar-refractivity contribution in [2.24, 2.45) is 5.73 Å². The van der Waals surface area contributed by atoms with Gasteiger partial charge in [-0.15, -0.1) is 0 Å². The highest BCUT2D eigenvalue weighted by Crippen LogP contribution is 2.34. The number of hydrogen-bond acceptors (Lipinski definition) is 2. The molecule has 0 spiro atoms. The second kappa shape index (κ2) is 4.62. The Morgan fingerprint density at radius 1 is 1.40 bits per heavy atom. The van der Waals surface area contributed by atoms with Crippen LogP contribution in [0.5, 0.6) is 5.75 Å². The molecule has 0 atom stereocenters. The number of hydrogen-bond donors (Lipinski definition) is 1. The average molecular weight is 211 g/mol. The van der Waals surface area contributed by atoms with Gasteiger partial charge in [-0.05, 0) is 30.0 Å². The number of halogens is 1. The molecule has 2 nitrogen and oxygen atoms in total. The highest BCUT2D eigenvalue weighted by atomic mass is 19.1. The monoisotopic (exact) mass is 211 g/mol. The number of rotatable bonds is 4. The molecular formula is C12H18FNO. The van der Waals surface area contributed by atoms with Gasteiger partial charge >= 0.3 is 0 Å². The fourth-order valence-electron chi connectivity index (χ4n) is 1.72. The molecule has 0 aromatic heterocycles. The summed E-state index contributed by atoms with van der Waals surface area (Å²) in [4.78, 5) is 0. The van der Waals surface area contributed by atoms with Crippen LogP contribution in [0.4, 0.5) is 4.39 Å². The van der Waals surface area contributed by atoms with Gasteiger partial charge < -0.3 is 10.5 Å². The Labute approximate surface area is 90.2 Å². The van der Waals surface area contributed by atoms with E-state index in [-0.39, 0.29) is 11.2 Å². The normalized spacial score (nSPS) is 11.5. The molecule has 0 aliphatic heterocycles. The zero-order valence-corrected chi connectivity index (χ0v) is 9.51. The van der Waals surface area contributed by atoms with E-state index >= 15 is 0 Å². The van der Waals surface area contributed by atoms with E-state index < -0.39 is 0 Å². The standard InChI is InChI=1S/C12H18FNO/c1-12(2,6-7-14)10-5-4-9(13)8-11(10)15-3/h4-5,8H,6-7,14H2,1-3H3. The van der Waals surface area contributed by atoms with E-state index in [1.165, 1.54) is 12.1 Å². The second-order valence-electron chi connectivity index (χ2n) is 4.27. The highest BCUT2D eigenvalue weighted by molar-refractivity contribution is 5.39. The van der Waals surface area contributed by atoms with Gasteiger partial charge in [0.2, 0.25) is 0 Å². The van der Waals surface area contributed by atoms with Crippen molar-refractivity contribution in [3.63, 3.8) is 0 Å². The maximum atomic E-state index is 13.0. The smallest absolute Gasteiger partial charge is 0.126 e. The molecule has 1 aromatic rings. The summed E-state index contributed by atoms with van der Waals surface area (Å²) in [5.74, 6) is 0.313. The predicted octanol–water partition coefficient (Wildman–Crippen LogP) is 2.46. The molecule has 0 heterocycles. The first kappa shape index (κ1) is 12.0. The Morgan fingerprint density at radius 3 is 2.60 bits per heavy atom. The summed E-state index contributed by atoms with van der Waals surface area (Å²) in [6.07, 6.45) is 0.842. The lowest BCUT2D eigenvalue weighted by atomic mass is 9.81. The fourth-order valence-corrected chi connectivity index (χ4v) is 1.72. The van der Waals surface area contributed by atoms with Crippen molar-refractivity contribution in [2.75, 3.05) is 13.7 Å². The molecular weight excluding hydrogens is 193 g/mol. The number of methoxy groups -OCH3 is 1. The lowest BCUT2D eigenvalue weighted by Crippen LogP contribution is -2.22. The summed E-state index contributed by atoms with van der Waals surface area (Å²) in [5, 5.41) is 0. The van der Waals surface area contributed by atoms with Gasteiger partial charge in [0, 0.05) is 6.07 Å². The molecule has 1 aromatic carbocycles. The molecule has 0 bridgehead atoms. The maximum Gasteiger partial charge on any atom is 0.126 e. The third-order valence-electron chi connectivity index (χ3n) is 2.66. The molecule has 0 saturated carbocycles. The Kier molecular flexibility index (Phi) is 3.69. The highest BCUT2D eigenvalue weighted by Gasteiger charge is 2.23. The zero-order valence-electron chi connectivity index (χ0n) is 9.51. The summed E-state index contributed by atoms with van der Waals surface area (Å²) in [7, 11) is 1.55. The number of ether oxygens (including phenoxy) is 1. The Morgan fingerprint density at radius 2 is 2.07 bits per heavy atom. The van der Waals surface area contributed by atoms with Crippen LogP contribution in [0.15, 0.2) is 18.2 Å². The lowest BCUT2D eigenvalue weighted by Gasteiger charge is -2.26. The summed E-state index contributed by atoms with van der Waals surface area (Å²) < 4.78 is 18.2. The first-order valence-corrected chi connectivity index (χ1v) is 5.05. The van der Waals surface area contributed by atoms with Crippen molar-refractivity contribution >= 4 is 0 Å². The van der Waals surface area contributed by atoms with E-state index in [9.17, 15) is 4.39 Å². The van der Waals surface area contributed by atoms with Crippen molar-refractivity contribution in [1.82, 2.24) is 0 Å². The zero-order chi connectivity index (χ0) is 11.5. The van der Waals surface area contributed by atoms with Gasteiger partial charge in [0.25, 0.3) is 0 Å². The van der Waals surface area contributed by atoms with E-state index in [1.807, 2.05) is 0 Å². The molecule has 0 unspecified atom stereocenters. The molecule has 0 aliphatic carbocycles. The van der Waals surface area contributed by atoms with Gasteiger partial charge in [-0.25, -0.2) is 4.39 Å². The van der Waals surface area contributed by atoms with Crippen LogP contribution in [0, 0.1) is 5.82 Å². The molecule has 15 heavy (non-hydrogen) atoms. The minimum atomic E-state index is -0.279. The van der Waals surface area contributed by atoms with Gasteiger partial charge in [0.15, 0.2) is 0 Å². The summed E-state index contributed by atoms with van der Waals surface area (Å²) in [6.45, 7) is 4.76. The van der Waals surface area contributed by atoms with Crippen LogP contribution in [-0.2, 0) is 5.41 Å². The molecule has 0 saturated heterocycles. The lowest BCUT2D eigenvalue weighted by molar-refractivity contribution is 0.383. The second-order valence-corrected chi connectivity index (χ2v) is 4.27. The Hall–Kier alpha value is -1.09. The van der Waals surface area contributed by atoms with E-state index in [2.05, 4.69) is 13.8 Å². The van der Waals surface area contributed by atoms with Gasteiger partial charge in [-0.2, -0.15) is 0 Å². The topological polar surface area (TPSA) is 35.2 Å². The number of benzene rings is 1. The first-order valence-electron chi connectivity index (χ1n) is 5.05. The van der Waals surface area contributed by atoms with Gasteiger partial charge in [-0.1, -0.05) is 19.9 Å². The Balaban J connectivity index is 3.12. The molecule has 0 amide bonds. The van der Waals surface area contributed by atoms with E-state index in [4.69, 9.17) is 10.5 Å². The van der Waals surface area contributed by atoms with Crippen molar-refractivity contribution < 1.29 is 9.13 Å². The van der Waals surface area contributed by atoms with E-state index in [0.29, 0.717) is 12.3 Å². The Bertz CT molecular complexity index is 336. The molecule has 1 rings (SSSR count). The molecule has 3 heteroatoms. The van der Waals surface area contributed by atoms with Crippen LogP contribution in [0.3, 0.4) is 0 Å². The number of nitrogens with two attached hydrogens (primary N) is 1.